The van der Waals surface area contributed by atoms with Crippen molar-refractivity contribution < 1.29 is 0 Å². The molecule has 2 atom stereocenters. The first kappa shape index (κ1) is 12.2. The Morgan fingerprint density at radius 2 is 2.24 bits per heavy atom. The number of aryl methyl sites for hydroxylation is 1. The van der Waals surface area contributed by atoms with Gasteiger partial charge in [0.1, 0.15) is 5.82 Å². The van der Waals surface area contributed by atoms with Gasteiger partial charge in [0.25, 0.3) is 0 Å². The molecule has 0 saturated heterocycles. The second-order valence-electron chi connectivity index (χ2n) is 5.39. The van der Waals surface area contributed by atoms with Gasteiger partial charge < -0.3 is 11.1 Å². The molecule has 2 rings (SSSR count). The Labute approximate surface area is 104 Å². The maximum Gasteiger partial charge on any atom is 0.126 e. The largest absolute Gasteiger partial charge is 0.397 e. The van der Waals surface area contributed by atoms with Crippen molar-refractivity contribution in [3.8, 4) is 0 Å². The molecule has 1 saturated carbocycles. The third-order valence-electron chi connectivity index (χ3n) is 3.74. The third kappa shape index (κ3) is 3.35. The maximum absolute atomic E-state index is 5.76. The van der Waals surface area contributed by atoms with Crippen LogP contribution in [0.2, 0.25) is 0 Å². The minimum atomic E-state index is 0.766. The molecule has 0 bridgehead atoms. The van der Waals surface area contributed by atoms with E-state index in [9.17, 15) is 0 Å². The second-order valence-corrected chi connectivity index (χ2v) is 5.39. The van der Waals surface area contributed by atoms with Crippen LogP contribution in [0.5, 0.6) is 0 Å². The van der Waals surface area contributed by atoms with E-state index >= 15 is 0 Å². The summed E-state index contributed by atoms with van der Waals surface area (Å²) in [4.78, 5) is 4.44. The Bertz CT molecular complexity index is 376. The van der Waals surface area contributed by atoms with E-state index in [2.05, 4.69) is 17.2 Å². The van der Waals surface area contributed by atoms with Gasteiger partial charge in [-0.1, -0.05) is 19.8 Å². The van der Waals surface area contributed by atoms with Crippen LogP contribution >= 0.6 is 0 Å². The molecule has 2 unspecified atom stereocenters. The normalized spacial score (nSPS) is 24.6. The predicted molar refractivity (Wildman–Crippen MR) is 73.0 cm³/mol. The van der Waals surface area contributed by atoms with Gasteiger partial charge in [-0.2, -0.15) is 0 Å². The molecule has 1 aromatic heterocycles. The molecule has 3 N–H and O–H groups in total. The van der Waals surface area contributed by atoms with Crippen LogP contribution in [-0.4, -0.2) is 11.5 Å². The van der Waals surface area contributed by atoms with Crippen LogP contribution in [0, 0.1) is 18.8 Å². The van der Waals surface area contributed by atoms with Gasteiger partial charge in [-0.15, -0.1) is 0 Å². The van der Waals surface area contributed by atoms with E-state index < -0.39 is 0 Å². The van der Waals surface area contributed by atoms with Crippen molar-refractivity contribution in [1.82, 2.24) is 4.98 Å². The van der Waals surface area contributed by atoms with Gasteiger partial charge >= 0.3 is 0 Å². The number of anilines is 2. The van der Waals surface area contributed by atoms with Crippen LogP contribution in [0.4, 0.5) is 11.5 Å². The first-order valence-corrected chi connectivity index (χ1v) is 6.62. The summed E-state index contributed by atoms with van der Waals surface area (Å²) in [5, 5.41) is 3.44. The summed E-state index contributed by atoms with van der Waals surface area (Å²) in [6.07, 6.45) is 5.48. The molecule has 94 valence electrons. The average Bonchev–Trinajstić information content (AvgIpc) is 2.31. The number of nitrogens with one attached hydrogen (secondary N) is 1. The summed E-state index contributed by atoms with van der Waals surface area (Å²) in [5.41, 5.74) is 7.43. The summed E-state index contributed by atoms with van der Waals surface area (Å²) in [6.45, 7) is 5.35. The topological polar surface area (TPSA) is 50.9 Å². The number of aromatic nitrogens is 1. The molecule has 0 radical (unpaired) electrons. The molecule has 1 heterocycles. The van der Waals surface area contributed by atoms with Crippen LogP contribution in [0.15, 0.2) is 12.1 Å². The van der Waals surface area contributed by atoms with Crippen molar-refractivity contribution in [3.05, 3.63) is 17.8 Å². The monoisotopic (exact) mass is 233 g/mol. The molecule has 1 aromatic rings. The molecule has 17 heavy (non-hydrogen) atoms. The first-order chi connectivity index (χ1) is 8.15. The minimum absolute atomic E-state index is 0.766. The molecule has 1 fully saturated rings. The van der Waals surface area contributed by atoms with Gasteiger partial charge in [0.15, 0.2) is 0 Å². The van der Waals surface area contributed by atoms with Gasteiger partial charge in [-0.05, 0) is 43.7 Å². The van der Waals surface area contributed by atoms with Crippen molar-refractivity contribution >= 4 is 11.5 Å². The SMILES string of the molecule is Cc1nc(NCC2CCCC(C)C2)ccc1N. The lowest BCUT2D eigenvalue weighted by atomic mass is 9.82. The highest BCUT2D eigenvalue weighted by molar-refractivity contribution is 5.48. The van der Waals surface area contributed by atoms with Crippen LogP contribution in [0.1, 0.15) is 38.3 Å². The van der Waals surface area contributed by atoms with Gasteiger partial charge in [0.05, 0.1) is 11.4 Å². The Morgan fingerprint density at radius 3 is 2.94 bits per heavy atom. The minimum Gasteiger partial charge on any atom is -0.397 e. The Balaban J connectivity index is 1.86. The summed E-state index contributed by atoms with van der Waals surface area (Å²) < 4.78 is 0. The Morgan fingerprint density at radius 1 is 1.41 bits per heavy atom. The third-order valence-corrected chi connectivity index (χ3v) is 3.74. The number of rotatable bonds is 3. The van der Waals surface area contributed by atoms with E-state index in [4.69, 9.17) is 5.73 Å². The number of nitrogens with zero attached hydrogens (tertiary/aromatic N) is 1. The number of nitrogen functional groups attached to an aromatic ring is 1. The van der Waals surface area contributed by atoms with E-state index in [1.807, 2.05) is 19.1 Å². The highest BCUT2D eigenvalue weighted by atomic mass is 15.0. The second kappa shape index (κ2) is 5.39. The molecule has 0 aromatic carbocycles. The lowest BCUT2D eigenvalue weighted by molar-refractivity contribution is 0.293. The molecule has 0 amide bonds. The standard InChI is InChI=1S/C14H23N3/c1-10-4-3-5-12(8-10)9-16-14-7-6-13(15)11(2)17-14/h6-7,10,12H,3-5,8-9,15H2,1-2H3,(H,16,17). The first-order valence-electron chi connectivity index (χ1n) is 6.62. The number of pyridine rings is 1. The predicted octanol–water partition coefficient (Wildman–Crippen LogP) is 3.21. The van der Waals surface area contributed by atoms with Gasteiger partial charge in [-0.3, -0.25) is 0 Å². The molecule has 3 heteroatoms. The van der Waals surface area contributed by atoms with Crippen LogP contribution in [0.3, 0.4) is 0 Å². The Hall–Kier alpha value is -1.25. The molecule has 1 aliphatic carbocycles. The van der Waals surface area contributed by atoms with Crippen LogP contribution in [0.25, 0.3) is 0 Å². The maximum atomic E-state index is 5.76. The van der Waals surface area contributed by atoms with Gasteiger partial charge in [0, 0.05) is 6.54 Å². The van der Waals surface area contributed by atoms with E-state index in [0.717, 1.165) is 35.6 Å². The van der Waals surface area contributed by atoms with E-state index in [0.29, 0.717) is 0 Å². The van der Waals surface area contributed by atoms with Gasteiger partial charge in [0.2, 0.25) is 0 Å². The van der Waals surface area contributed by atoms with Crippen molar-refractivity contribution in [2.45, 2.75) is 39.5 Å². The van der Waals surface area contributed by atoms with E-state index in [1.54, 1.807) is 0 Å². The molecule has 1 aliphatic rings. The van der Waals surface area contributed by atoms with Crippen molar-refractivity contribution in [3.63, 3.8) is 0 Å². The highest BCUT2D eigenvalue weighted by Gasteiger charge is 2.18. The van der Waals surface area contributed by atoms with Crippen LogP contribution in [-0.2, 0) is 0 Å². The van der Waals surface area contributed by atoms with Crippen LogP contribution < -0.4 is 11.1 Å². The van der Waals surface area contributed by atoms with E-state index in [1.165, 1.54) is 25.7 Å². The highest BCUT2D eigenvalue weighted by Crippen LogP contribution is 2.28. The zero-order valence-corrected chi connectivity index (χ0v) is 10.9. The molecule has 0 spiro atoms. The lowest BCUT2D eigenvalue weighted by Gasteiger charge is -2.27. The van der Waals surface area contributed by atoms with E-state index in [-0.39, 0.29) is 0 Å². The Kier molecular flexibility index (Phi) is 3.87. The summed E-state index contributed by atoms with van der Waals surface area (Å²) in [7, 11) is 0. The van der Waals surface area contributed by atoms with Crippen molar-refractivity contribution in [1.29, 1.82) is 0 Å². The average molecular weight is 233 g/mol. The molecular formula is C14H23N3. The number of hydrogen-bond donors (Lipinski definition) is 2. The summed E-state index contributed by atoms with van der Waals surface area (Å²) >= 11 is 0. The smallest absolute Gasteiger partial charge is 0.126 e. The molecule has 0 aliphatic heterocycles. The zero-order chi connectivity index (χ0) is 12.3. The van der Waals surface area contributed by atoms with Gasteiger partial charge in [-0.25, -0.2) is 4.98 Å². The molecular weight excluding hydrogens is 210 g/mol. The number of nitrogens with two attached hydrogens (primary N) is 1. The lowest BCUT2D eigenvalue weighted by Crippen LogP contribution is -2.21. The zero-order valence-electron chi connectivity index (χ0n) is 10.9. The fourth-order valence-corrected chi connectivity index (χ4v) is 2.66. The number of hydrogen-bond acceptors (Lipinski definition) is 3. The quantitative estimate of drug-likeness (QED) is 0.843. The fourth-order valence-electron chi connectivity index (χ4n) is 2.66. The summed E-state index contributed by atoms with van der Waals surface area (Å²) in [6, 6.07) is 3.89. The van der Waals surface area contributed by atoms with Crippen molar-refractivity contribution in [2.24, 2.45) is 11.8 Å². The molecule has 3 nitrogen and oxygen atoms in total. The summed E-state index contributed by atoms with van der Waals surface area (Å²) in [5.74, 6) is 2.64. The fraction of sp³-hybridized carbons (Fsp3) is 0.643. The van der Waals surface area contributed by atoms with Crippen molar-refractivity contribution in [2.75, 3.05) is 17.6 Å².